The predicted molar refractivity (Wildman–Crippen MR) is 82.4 cm³/mol. The molecule has 2 rings (SSSR count). The number of benzene rings is 2. The van der Waals surface area contributed by atoms with E-state index in [2.05, 4.69) is 4.79 Å². The normalized spacial score (nSPS) is 11.5. The number of hydrogen-bond donors (Lipinski definition) is 0. The highest BCUT2D eigenvalue weighted by molar-refractivity contribution is 8.31. The number of hydrogen-bond acceptors (Lipinski definition) is 5. The third-order valence-corrected chi connectivity index (χ3v) is 7.11. The Kier molecular flexibility index (Phi) is 4.65. The molecule has 0 saturated heterocycles. The summed E-state index contributed by atoms with van der Waals surface area (Å²) in [6, 6.07) is 12.1. The topological polar surface area (TPSA) is 114 Å². The zero-order valence-electron chi connectivity index (χ0n) is 11.9. The average molecular weight is 352 g/mol. The lowest BCUT2D eigenvalue weighted by Crippen LogP contribution is -2.26. The van der Waals surface area contributed by atoms with Crippen molar-refractivity contribution in [3.63, 3.8) is 0 Å². The molecule has 0 unspecified atom stereocenters. The average Bonchev–Trinajstić information content (AvgIpc) is 2.56. The van der Waals surface area contributed by atoms with Crippen molar-refractivity contribution in [3.8, 4) is 5.75 Å². The van der Waals surface area contributed by atoms with Crippen LogP contribution in [0.2, 0.25) is 0 Å². The molecule has 0 radical (unpaired) electrons. The van der Waals surface area contributed by atoms with Gasteiger partial charge in [-0.15, -0.1) is 4.79 Å². The minimum Gasteiger partial charge on any atom is -0.497 e. The molecule has 0 aliphatic heterocycles. The van der Waals surface area contributed by atoms with Gasteiger partial charge in [-0.2, -0.15) is 0 Å². The number of rotatable bonds is 3. The first-order valence-electron chi connectivity index (χ1n) is 6.25. The monoisotopic (exact) mass is 352 g/mol. The van der Waals surface area contributed by atoms with Crippen molar-refractivity contribution in [2.75, 3.05) is 7.11 Å². The summed E-state index contributed by atoms with van der Waals surface area (Å²) in [6.45, 7) is 0. The van der Waals surface area contributed by atoms with E-state index in [0.717, 1.165) is 6.07 Å². The van der Waals surface area contributed by atoms with Gasteiger partial charge < -0.3 is 10.3 Å². The van der Waals surface area contributed by atoms with Gasteiger partial charge in [-0.1, -0.05) is 24.3 Å². The molecule has 0 fully saturated rings. The molecule has 0 saturated carbocycles. The summed E-state index contributed by atoms with van der Waals surface area (Å²) in [7, 11) is -7.72. The first kappa shape index (κ1) is 16.9. The van der Waals surface area contributed by atoms with Gasteiger partial charge in [0.25, 0.3) is 19.7 Å². The van der Waals surface area contributed by atoms with Crippen LogP contribution in [-0.4, -0.2) is 33.1 Å². The summed E-state index contributed by atoms with van der Waals surface area (Å²) < 4.78 is 53.5. The van der Waals surface area contributed by atoms with Crippen LogP contribution >= 0.6 is 0 Å². The third kappa shape index (κ3) is 3.16. The van der Waals surface area contributed by atoms with E-state index < -0.39 is 24.1 Å². The summed E-state index contributed by atoms with van der Waals surface area (Å²) in [5.74, 6) is 0.223. The predicted octanol–water partition coefficient (Wildman–Crippen LogP) is 1.53. The van der Waals surface area contributed by atoms with Crippen LogP contribution in [0.4, 0.5) is 0 Å². The first-order valence-corrected chi connectivity index (χ1v) is 9.22. The Balaban J connectivity index is 2.64. The molecule has 0 spiro atoms. The molecule has 9 heteroatoms. The van der Waals surface area contributed by atoms with Crippen LogP contribution in [0.15, 0.2) is 64.4 Å². The Morgan fingerprint density at radius 2 is 1.48 bits per heavy atom. The number of nitrogens with zero attached hydrogens (tertiary/aromatic N) is 2. The lowest BCUT2D eigenvalue weighted by molar-refractivity contribution is 0.00380. The van der Waals surface area contributed by atoms with Crippen molar-refractivity contribution in [2.45, 2.75) is 9.79 Å². The highest BCUT2D eigenvalue weighted by atomic mass is 32.3. The molecule has 0 aromatic heterocycles. The molecule has 0 atom stereocenters. The van der Waals surface area contributed by atoms with Crippen molar-refractivity contribution in [3.05, 3.63) is 60.1 Å². The van der Waals surface area contributed by atoms with Crippen molar-refractivity contribution in [1.29, 1.82) is 0 Å². The summed E-state index contributed by atoms with van der Waals surface area (Å²) in [4.78, 5) is 1.89. The van der Waals surface area contributed by atoms with E-state index in [1.54, 1.807) is 6.07 Å². The van der Waals surface area contributed by atoms with Gasteiger partial charge >= 0.3 is 4.38 Å². The summed E-state index contributed by atoms with van der Waals surface area (Å²) in [5, 5.41) is 0. The number of ether oxygens (including phenoxy) is 1. The largest absolute Gasteiger partial charge is 0.504 e. The lowest BCUT2D eigenvalue weighted by Gasteiger charge is -2.04. The van der Waals surface area contributed by atoms with Crippen molar-refractivity contribution in [1.82, 2.24) is 0 Å². The van der Waals surface area contributed by atoms with E-state index in [-0.39, 0.29) is 15.5 Å². The zero-order valence-corrected chi connectivity index (χ0v) is 13.6. The SMILES string of the molecule is COc1cccc(S(=O)(=O)C(=[N+]=[N-])S(=O)(=O)c2ccccc2)c1. The second kappa shape index (κ2) is 6.33. The number of sulfone groups is 2. The zero-order chi connectivity index (χ0) is 17.1. The van der Waals surface area contributed by atoms with E-state index in [4.69, 9.17) is 10.3 Å². The molecule has 0 aliphatic carbocycles. The van der Waals surface area contributed by atoms with Crippen molar-refractivity contribution < 1.29 is 26.4 Å². The van der Waals surface area contributed by atoms with Crippen LogP contribution in [0, 0.1) is 0 Å². The fraction of sp³-hybridized carbons (Fsp3) is 0.0714. The second-order valence-corrected chi connectivity index (χ2v) is 8.35. The first-order chi connectivity index (χ1) is 10.8. The molecule has 7 nitrogen and oxygen atoms in total. The smallest absolute Gasteiger partial charge is 0.497 e. The maximum Gasteiger partial charge on any atom is 0.504 e. The van der Waals surface area contributed by atoms with Crippen LogP contribution < -0.4 is 4.74 Å². The molecule has 0 heterocycles. The Morgan fingerprint density at radius 1 is 0.913 bits per heavy atom. The van der Waals surface area contributed by atoms with E-state index in [0.29, 0.717) is 0 Å². The maximum absolute atomic E-state index is 12.5. The summed E-state index contributed by atoms with van der Waals surface area (Å²) >= 11 is 0. The van der Waals surface area contributed by atoms with Crippen LogP contribution in [0.25, 0.3) is 5.53 Å². The Hall–Kier alpha value is -2.48. The van der Waals surface area contributed by atoms with Crippen molar-refractivity contribution >= 4 is 24.1 Å². The molecule has 2 aromatic carbocycles. The highest BCUT2D eigenvalue weighted by Crippen LogP contribution is 2.23. The van der Waals surface area contributed by atoms with Gasteiger partial charge in [-0.25, -0.2) is 16.8 Å². The van der Waals surface area contributed by atoms with Crippen LogP contribution in [-0.2, 0) is 19.7 Å². The van der Waals surface area contributed by atoms with Gasteiger partial charge in [0.15, 0.2) is 0 Å². The van der Waals surface area contributed by atoms with E-state index in [1.165, 1.54) is 49.6 Å². The molecule has 120 valence electrons. The Morgan fingerprint density at radius 3 is 2.04 bits per heavy atom. The fourth-order valence-electron chi connectivity index (χ4n) is 1.82. The molecular formula is C14H12N2O5S2. The highest BCUT2D eigenvalue weighted by Gasteiger charge is 2.44. The van der Waals surface area contributed by atoms with Gasteiger partial charge in [-0.05, 0) is 30.3 Å². The fourth-order valence-corrected chi connectivity index (χ4v) is 5.22. The Labute approximate surface area is 133 Å². The van der Waals surface area contributed by atoms with E-state index in [9.17, 15) is 16.8 Å². The van der Waals surface area contributed by atoms with Crippen molar-refractivity contribution in [2.24, 2.45) is 0 Å². The molecule has 2 aromatic rings. The number of methoxy groups -OCH3 is 1. The minimum atomic E-state index is -4.56. The van der Waals surface area contributed by atoms with Crippen LogP contribution in [0.1, 0.15) is 0 Å². The molecule has 0 bridgehead atoms. The maximum atomic E-state index is 12.5. The molecule has 23 heavy (non-hydrogen) atoms. The lowest BCUT2D eigenvalue weighted by atomic mass is 10.3. The molecule has 0 aliphatic rings. The van der Waals surface area contributed by atoms with Crippen LogP contribution in [0.3, 0.4) is 0 Å². The van der Waals surface area contributed by atoms with Gasteiger partial charge in [0.05, 0.1) is 16.9 Å². The quantitative estimate of drug-likeness (QED) is 0.360. The molecular weight excluding hydrogens is 340 g/mol. The van der Waals surface area contributed by atoms with Gasteiger partial charge in [0.2, 0.25) is 0 Å². The van der Waals surface area contributed by atoms with Gasteiger partial charge in [-0.3, -0.25) is 0 Å². The van der Waals surface area contributed by atoms with Gasteiger partial charge in [0, 0.05) is 0 Å². The van der Waals surface area contributed by atoms with Gasteiger partial charge in [0.1, 0.15) is 5.75 Å². The van der Waals surface area contributed by atoms with Crippen LogP contribution in [0.5, 0.6) is 5.75 Å². The second-order valence-electron chi connectivity index (χ2n) is 4.36. The van der Waals surface area contributed by atoms with E-state index >= 15 is 0 Å². The summed E-state index contributed by atoms with van der Waals surface area (Å²) in [6.07, 6.45) is 0. The Bertz CT molecular complexity index is 977. The standard InChI is InChI=1S/C14H12N2O5S2/c1-21-11-6-5-9-13(10-11)23(19,20)14(16-15)22(17,18)12-7-3-2-4-8-12/h2-10H,1H3. The molecule has 0 N–H and O–H groups in total. The summed E-state index contributed by atoms with van der Waals surface area (Å²) in [5.41, 5.74) is 9.04. The molecule has 0 amide bonds. The van der Waals surface area contributed by atoms with E-state index in [1.807, 2.05) is 0 Å². The minimum absolute atomic E-state index is 0.223. The third-order valence-electron chi connectivity index (χ3n) is 2.95.